The lowest BCUT2D eigenvalue weighted by molar-refractivity contribution is -0.138. The van der Waals surface area contributed by atoms with Crippen LogP contribution in [0.15, 0.2) is 23.2 Å². The van der Waals surface area contributed by atoms with E-state index in [0.717, 1.165) is 25.7 Å². The average Bonchev–Trinajstić information content (AvgIpc) is 3.20. The number of carbonyl (C=O) groups is 1. The van der Waals surface area contributed by atoms with Crippen LogP contribution in [0, 0.1) is 5.41 Å². The first kappa shape index (κ1) is 27.2. The second kappa shape index (κ2) is 12.9. The van der Waals surface area contributed by atoms with Crippen molar-refractivity contribution in [3.05, 3.63) is 23.8 Å². The highest BCUT2D eigenvalue weighted by Crippen LogP contribution is 2.39. The number of halogens is 3. The highest BCUT2D eigenvalue weighted by atomic mass is 127. The molecule has 10 heteroatoms. The second-order valence-electron chi connectivity index (χ2n) is 7.59. The Morgan fingerprint density at radius 3 is 2.48 bits per heavy atom. The standard InChI is InChI=1S/C21H32F2N4O3.HI/c1-5-24-20(26-14-21(10-6-7-11-21)18(28)27(2)3)25-13-15-12-16(29-4)8-9-17(15)30-19(22)23;/h8-9,12,19H,5-7,10-11,13-14H2,1-4H3,(H2,24,25,26);1H. The van der Waals surface area contributed by atoms with Gasteiger partial charge in [-0.1, -0.05) is 12.8 Å². The molecule has 1 aromatic carbocycles. The van der Waals surface area contributed by atoms with Crippen molar-refractivity contribution >= 4 is 35.8 Å². The third-order valence-corrected chi connectivity index (χ3v) is 5.25. The summed E-state index contributed by atoms with van der Waals surface area (Å²) in [5, 5.41) is 6.41. The van der Waals surface area contributed by atoms with Gasteiger partial charge in [-0.2, -0.15) is 8.78 Å². The first-order valence-electron chi connectivity index (χ1n) is 10.2. The van der Waals surface area contributed by atoms with E-state index in [2.05, 4.69) is 20.4 Å². The molecule has 0 unspecified atom stereocenters. The monoisotopic (exact) mass is 554 g/mol. The Balaban J connectivity index is 0.00000480. The molecule has 0 atom stereocenters. The summed E-state index contributed by atoms with van der Waals surface area (Å²) >= 11 is 0. The molecule has 1 aliphatic carbocycles. The van der Waals surface area contributed by atoms with Crippen LogP contribution >= 0.6 is 24.0 Å². The molecule has 2 N–H and O–H groups in total. The number of amides is 1. The number of benzene rings is 1. The Kier molecular flexibility index (Phi) is 11.3. The Labute approximate surface area is 200 Å². The Morgan fingerprint density at radius 2 is 1.94 bits per heavy atom. The van der Waals surface area contributed by atoms with Gasteiger partial charge in [-0.3, -0.25) is 4.79 Å². The summed E-state index contributed by atoms with van der Waals surface area (Å²) in [5.41, 5.74) is 0.0337. The molecule has 0 aromatic heterocycles. The maximum atomic E-state index is 12.8. The van der Waals surface area contributed by atoms with E-state index < -0.39 is 12.0 Å². The molecule has 0 spiro atoms. The number of nitrogens with one attached hydrogen (secondary N) is 2. The number of guanidine groups is 1. The van der Waals surface area contributed by atoms with E-state index in [-0.39, 0.29) is 42.2 Å². The van der Waals surface area contributed by atoms with Gasteiger partial charge in [0.05, 0.1) is 19.1 Å². The zero-order chi connectivity index (χ0) is 22.1. The maximum absolute atomic E-state index is 12.8. The minimum absolute atomic E-state index is 0. The van der Waals surface area contributed by atoms with E-state index >= 15 is 0 Å². The number of carbonyl (C=O) groups excluding carboxylic acids is 1. The number of aliphatic imine (C=N–C) groups is 1. The van der Waals surface area contributed by atoms with E-state index in [4.69, 9.17) is 4.74 Å². The maximum Gasteiger partial charge on any atom is 0.387 e. The number of methoxy groups -OCH3 is 1. The number of hydrogen-bond donors (Lipinski definition) is 2. The van der Waals surface area contributed by atoms with Gasteiger partial charge < -0.3 is 25.0 Å². The first-order chi connectivity index (χ1) is 14.3. The zero-order valence-electron chi connectivity index (χ0n) is 18.5. The van der Waals surface area contributed by atoms with E-state index in [1.165, 1.54) is 13.2 Å². The molecule has 31 heavy (non-hydrogen) atoms. The minimum atomic E-state index is -2.92. The fourth-order valence-electron chi connectivity index (χ4n) is 3.77. The van der Waals surface area contributed by atoms with Crippen LogP contribution in [0.25, 0.3) is 0 Å². The third kappa shape index (κ3) is 7.65. The molecule has 0 bridgehead atoms. The molecule has 0 radical (unpaired) electrons. The predicted octanol–water partition coefficient (Wildman–Crippen LogP) is 3.62. The van der Waals surface area contributed by atoms with Gasteiger partial charge >= 0.3 is 6.61 Å². The van der Waals surface area contributed by atoms with Crippen LogP contribution < -0.4 is 20.1 Å². The largest absolute Gasteiger partial charge is 0.497 e. The van der Waals surface area contributed by atoms with E-state index in [0.29, 0.717) is 30.4 Å². The lowest BCUT2D eigenvalue weighted by Crippen LogP contribution is -2.49. The molecule has 7 nitrogen and oxygen atoms in total. The summed E-state index contributed by atoms with van der Waals surface area (Å²) in [5.74, 6) is 1.21. The Morgan fingerprint density at radius 1 is 1.26 bits per heavy atom. The fraction of sp³-hybridized carbons (Fsp3) is 0.619. The van der Waals surface area contributed by atoms with Crippen molar-refractivity contribution in [2.24, 2.45) is 10.4 Å². The predicted molar refractivity (Wildman–Crippen MR) is 127 cm³/mol. The Hall–Kier alpha value is -1.85. The molecule has 1 amide bonds. The van der Waals surface area contributed by atoms with Crippen LogP contribution in [0.3, 0.4) is 0 Å². The van der Waals surface area contributed by atoms with Crippen LogP contribution in [-0.2, 0) is 11.3 Å². The normalized spacial score (nSPS) is 15.3. The molecule has 1 aromatic rings. The second-order valence-corrected chi connectivity index (χ2v) is 7.59. The van der Waals surface area contributed by atoms with Crippen LogP contribution in [0.1, 0.15) is 38.2 Å². The first-order valence-corrected chi connectivity index (χ1v) is 10.2. The molecule has 176 valence electrons. The number of hydrogen-bond acceptors (Lipinski definition) is 4. The molecule has 0 heterocycles. The van der Waals surface area contributed by atoms with Crippen molar-refractivity contribution in [2.45, 2.75) is 45.8 Å². The smallest absolute Gasteiger partial charge is 0.387 e. The Bertz CT molecular complexity index is 741. The molecule has 0 aliphatic heterocycles. The van der Waals surface area contributed by atoms with Crippen LogP contribution in [-0.4, -0.2) is 57.7 Å². The van der Waals surface area contributed by atoms with Gasteiger partial charge in [0.15, 0.2) is 5.96 Å². The van der Waals surface area contributed by atoms with E-state index in [9.17, 15) is 13.6 Å². The summed E-state index contributed by atoms with van der Waals surface area (Å²) in [6, 6.07) is 4.63. The van der Waals surface area contributed by atoms with Crippen LogP contribution in [0.2, 0.25) is 0 Å². The van der Waals surface area contributed by atoms with Crippen LogP contribution in [0.5, 0.6) is 11.5 Å². The summed E-state index contributed by atoms with van der Waals surface area (Å²) in [6.07, 6.45) is 3.71. The lowest BCUT2D eigenvalue weighted by Gasteiger charge is -2.31. The molecule has 1 fully saturated rings. The summed E-state index contributed by atoms with van der Waals surface area (Å²) in [6.45, 7) is 0.216. The summed E-state index contributed by atoms with van der Waals surface area (Å²) in [4.78, 5) is 18.9. The summed E-state index contributed by atoms with van der Waals surface area (Å²) in [7, 11) is 5.05. The van der Waals surface area contributed by atoms with Crippen molar-refractivity contribution in [1.29, 1.82) is 0 Å². The number of nitrogens with zero attached hydrogens (tertiary/aromatic N) is 2. The van der Waals surface area contributed by atoms with Gasteiger partial charge in [-0.05, 0) is 38.0 Å². The van der Waals surface area contributed by atoms with Crippen molar-refractivity contribution in [1.82, 2.24) is 15.5 Å². The van der Waals surface area contributed by atoms with Crippen molar-refractivity contribution in [3.8, 4) is 11.5 Å². The molecule has 1 aliphatic rings. The lowest BCUT2D eigenvalue weighted by atomic mass is 9.84. The van der Waals surface area contributed by atoms with Gasteiger partial charge in [-0.15, -0.1) is 24.0 Å². The van der Waals surface area contributed by atoms with E-state index in [1.54, 1.807) is 31.1 Å². The molecule has 1 saturated carbocycles. The minimum Gasteiger partial charge on any atom is -0.497 e. The molecule has 2 rings (SSSR count). The number of ether oxygens (including phenoxy) is 2. The topological polar surface area (TPSA) is 75.2 Å². The van der Waals surface area contributed by atoms with Gasteiger partial charge in [0.2, 0.25) is 5.91 Å². The third-order valence-electron chi connectivity index (χ3n) is 5.25. The van der Waals surface area contributed by atoms with E-state index in [1.807, 2.05) is 6.92 Å². The quantitative estimate of drug-likeness (QED) is 0.277. The number of alkyl halides is 2. The van der Waals surface area contributed by atoms with Crippen molar-refractivity contribution in [3.63, 3.8) is 0 Å². The van der Waals surface area contributed by atoms with Gasteiger partial charge in [0, 0.05) is 32.7 Å². The molecular weight excluding hydrogens is 521 g/mol. The van der Waals surface area contributed by atoms with Crippen molar-refractivity contribution in [2.75, 3.05) is 34.3 Å². The zero-order valence-corrected chi connectivity index (χ0v) is 20.9. The van der Waals surface area contributed by atoms with Crippen LogP contribution in [0.4, 0.5) is 8.78 Å². The molecular formula is C21H33F2IN4O3. The average molecular weight is 554 g/mol. The summed E-state index contributed by atoms with van der Waals surface area (Å²) < 4.78 is 35.2. The number of rotatable bonds is 9. The highest BCUT2D eigenvalue weighted by Gasteiger charge is 2.42. The van der Waals surface area contributed by atoms with Gasteiger partial charge in [-0.25, -0.2) is 4.99 Å². The molecule has 0 saturated heterocycles. The van der Waals surface area contributed by atoms with Gasteiger partial charge in [0.25, 0.3) is 0 Å². The van der Waals surface area contributed by atoms with Gasteiger partial charge in [0.1, 0.15) is 11.5 Å². The highest BCUT2D eigenvalue weighted by molar-refractivity contribution is 14.0. The fourth-order valence-corrected chi connectivity index (χ4v) is 3.77. The SMILES string of the molecule is CCNC(=NCc1cc(OC)ccc1OC(F)F)NCC1(C(=O)N(C)C)CCCC1.I. The van der Waals surface area contributed by atoms with Crippen molar-refractivity contribution < 1.29 is 23.0 Å².